The molecule has 0 bridgehead atoms. The molecule has 0 spiro atoms. The van der Waals surface area contributed by atoms with E-state index in [0.717, 1.165) is 18.7 Å². The number of carbonyl (C=O) groups is 3. The topological polar surface area (TPSA) is 154 Å². The van der Waals surface area contributed by atoms with E-state index in [0.29, 0.717) is 31.9 Å². The zero-order valence-electron chi connectivity index (χ0n) is 20.9. The summed E-state index contributed by atoms with van der Waals surface area (Å²) in [6, 6.07) is 10.9. The number of hydrogen-bond donors (Lipinski definition) is 2. The minimum absolute atomic E-state index is 0.000514. The Balaban J connectivity index is 1.60. The number of esters is 3. The fraction of sp³-hybridized carbons (Fsp3) is 0.400. The van der Waals surface area contributed by atoms with E-state index in [1.54, 1.807) is 24.3 Å². The third kappa shape index (κ3) is 9.37. The SMILES string of the molecule is CC(=O)Oc1ccccc1C(=O)OCOC(=O)c1ccc(CN2CCOCC2)c(OCCCON(O)O)c1. The van der Waals surface area contributed by atoms with Crippen molar-refractivity contribution in [3.05, 3.63) is 59.2 Å². The second-order valence-electron chi connectivity index (χ2n) is 8.07. The first-order chi connectivity index (χ1) is 18.3. The minimum atomic E-state index is -0.828. The van der Waals surface area contributed by atoms with E-state index < -0.39 is 24.7 Å². The van der Waals surface area contributed by atoms with Crippen LogP contribution in [0.5, 0.6) is 11.5 Å². The van der Waals surface area contributed by atoms with Crippen LogP contribution in [0.1, 0.15) is 39.6 Å². The van der Waals surface area contributed by atoms with Crippen LogP contribution in [0.4, 0.5) is 0 Å². The zero-order valence-corrected chi connectivity index (χ0v) is 20.9. The van der Waals surface area contributed by atoms with Gasteiger partial charge < -0.3 is 23.7 Å². The van der Waals surface area contributed by atoms with Gasteiger partial charge >= 0.3 is 17.9 Å². The summed E-state index contributed by atoms with van der Waals surface area (Å²) >= 11 is 0. The van der Waals surface area contributed by atoms with Gasteiger partial charge in [0.15, 0.2) is 0 Å². The van der Waals surface area contributed by atoms with Crippen molar-refractivity contribution in [2.45, 2.75) is 19.9 Å². The lowest BCUT2D eigenvalue weighted by Crippen LogP contribution is -2.35. The third-order valence-electron chi connectivity index (χ3n) is 5.29. The number of ether oxygens (including phenoxy) is 5. The molecule has 0 saturated carbocycles. The Hall–Kier alpha value is -3.59. The minimum Gasteiger partial charge on any atom is -0.493 e. The lowest BCUT2D eigenvalue weighted by atomic mass is 10.1. The Bertz CT molecular complexity index is 1090. The lowest BCUT2D eigenvalue weighted by molar-refractivity contribution is -0.492. The zero-order chi connectivity index (χ0) is 27.3. The maximum absolute atomic E-state index is 12.6. The van der Waals surface area contributed by atoms with Crippen LogP contribution in [-0.2, 0) is 30.4 Å². The van der Waals surface area contributed by atoms with Gasteiger partial charge in [-0.1, -0.05) is 18.2 Å². The molecule has 2 aromatic carbocycles. The van der Waals surface area contributed by atoms with Crippen LogP contribution in [0.3, 0.4) is 0 Å². The second-order valence-corrected chi connectivity index (χ2v) is 8.07. The standard InChI is InChI=1S/C25H30N2O11/c1-18(28)38-22-6-3-2-5-21(22)25(30)36-17-35-24(29)19-7-8-20(16-26-9-13-33-14-10-26)23(15-19)34-11-4-12-37-27(31)32/h2-3,5-8,15,31-32H,4,9-14,16-17H2,1H3. The van der Waals surface area contributed by atoms with E-state index in [4.69, 9.17) is 34.1 Å². The number of carbonyl (C=O) groups excluding carboxylic acids is 3. The predicted molar refractivity (Wildman–Crippen MR) is 127 cm³/mol. The van der Waals surface area contributed by atoms with Crippen molar-refractivity contribution < 1.29 is 53.3 Å². The van der Waals surface area contributed by atoms with E-state index in [-0.39, 0.29) is 35.5 Å². The highest BCUT2D eigenvalue weighted by atomic mass is 17.1. The molecule has 0 aliphatic carbocycles. The van der Waals surface area contributed by atoms with Crippen LogP contribution in [0.2, 0.25) is 0 Å². The number of benzene rings is 2. The average molecular weight is 535 g/mol. The fourth-order valence-corrected chi connectivity index (χ4v) is 3.51. The highest BCUT2D eigenvalue weighted by molar-refractivity contribution is 5.93. The molecule has 0 aromatic heterocycles. The molecule has 13 heteroatoms. The molecule has 1 fully saturated rings. The van der Waals surface area contributed by atoms with Gasteiger partial charge in [-0.3, -0.25) is 24.9 Å². The van der Waals surface area contributed by atoms with E-state index in [1.165, 1.54) is 25.1 Å². The molecule has 0 atom stereocenters. The van der Waals surface area contributed by atoms with Gasteiger partial charge in [0, 0.05) is 38.5 Å². The van der Waals surface area contributed by atoms with Gasteiger partial charge in [-0.05, 0) is 24.3 Å². The summed E-state index contributed by atoms with van der Waals surface area (Å²) in [7, 11) is 0. The number of rotatable bonds is 13. The van der Waals surface area contributed by atoms with E-state index in [1.807, 2.05) is 0 Å². The summed E-state index contributed by atoms with van der Waals surface area (Å²) in [6.45, 7) is 4.07. The highest BCUT2D eigenvalue weighted by Crippen LogP contribution is 2.24. The quantitative estimate of drug-likeness (QED) is 0.127. The molecular weight excluding hydrogens is 504 g/mol. The molecule has 3 rings (SSSR count). The molecular formula is C25H30N2O11. The van der Waals surface area contributed by atoms with Gasteiger partial charge in [-0.15, -0.1) is 0 Å². The van der Waals surface area contributed by atoms with Crippen LogP contribution >= 0.6 is 0 Å². The first kappa shape index (κ1) is 29.0. The Kier molecular flexibility index (Phi) is 11.4. The molecule has 206 valence electrons. The molecule has 13 nitrogen and oxygen atoms in total. The highest BCUT2D eigenvalue weighted by Gasteiger charge is 2.18. The molecule has 1 saturated heterocycles. The van der Waals surface area contributed by atoms with Gasteiger partial charge in [0.2, 0.25) is 6.79 Å². The van der Waals surface area contributed by atoms with Gasteiger partial charge in [0.1, 0.15) is 17.1 Å². The Morgan fingerprint density at radius 1 is 0.974 bits per heavy atom. The van der Waals surface area contributed by atoms with Crippen LogP contribution < -0.4 is 9.47 Å². The summed E-state index contributed by atoms with van der Waals surface area (Å²) in [5, 5.41) is 16.9. The molecule has 2 N–H and O–H groups in total. The summed E-state index contributed by atoms with van der Waals surface area (Å²) in [5.74, 6) is -1.68. The third-order valence-corrected chi connectivity index (χ3v) is 5.29. The van der Waals surface area contributed by atoms with E-state index in [9.17, 15) is 14.4 Å². The lowest BCUT2D eigenvalue weighted by Gasteiger charge is -2.27. The Labute approximate surface area is 218 Å². The van der Waals surface area contributed by atoms with E-state index >= 15 is 0 Å². The average Bonchev–Trinajstić information content (AvgIpc) is 2.89. The molecule has 0 unspecified atom stereocenters. The van der Waals surface area contributed by atoms with Crippen LogP contribution in [0, 0.1) is 0 Å². The van der Waals surface area contributed by atoms with Gasteiger partial charge in [0.05, 0.1) is 37.4 Å². The van der Waals surface area contributed by atoms with Crippen molar-refractivity contribution in [1.29, 1.82) is 0 Å². The number of morpholine rings is 1. The molecule has 0 amide bonds. The molecule has 1 aliphatic rings. The summed E-state index contributed by atoms with van der Waals surface area (Å²) < 4.78 is 26.3. The maximum Gasteiger partial charge on any atom is 0.344 e. The number of nitrogens with zero attached hydrogens (tertiary/aromatic N) is 2. The molecule has 1 heterocycles. The van der Waals surface area contributed by atoms with Crippen molar-refractivity contribution in [3.63, 3.8) is 0 Å². The van der Waals surface area contributed by atoms with Crippen molar-refractivity contribution >= 4 is 17.9 Å². The molecule has 38 heavy (non-hydrogen) atoms. The maximum atomic E-state index is 12.6. The van der Waals surface area contributed by atoms with Crippen LogP contribution in [0.15, 0.2) is 42.5 Å². The largest absolute Gasteiger partial charge is 0.493 e. The fourth-order valence-electron chi connectivity index (χ4n) is 3.51. The Morgan fingerprint density at radius 3 is 2.45 bits per heavy atom. The number of hydrogen-bond acceptors (Lipinski definition) is 13. The first-order valence-electron chi connectivity index (χ1n) is 11.8. The smallest absolute Gasteiger partial charge is 0.344 e. The normalized spacial score (nSPS) is 13.7. The van der Waals surface area contributed by atoms with Gasteiger partial charge in [-0.2, -0.15) is 0 Å². The van der Waals surface area contributed by atoms with Gasteiger partial charge in [0.25, 0.3) is 0 Å². The van der Waals surface area contributed by atoms with Crippen LogP contribution in [0.25, 0.3) is 0 Å². The van der Waals surface area contributed by atoms with E-state index in [2.05, 4.69) is 9.74 Å². The van der Waals surface area contributed by atoms with Gasteiger partial charge in [-0.25, -0.2) is 9.59 Å². The molecule has 1 aliphatic heterocycles. The summed E-state index contributed by atoms with van der Waals surface area (Å²) in [6.07, 6.45) is 0.341. The molecule has 0 radical (unpaired) electrons. The monoisotopic (exact) mass is 534 g/mol. The van der Waals surface area contributed by atoms with Crippen molar-refractivity contribution in [1.82, 2.24) is 10.3 Å². The van der Waals surface area contributed by atoms with Crippen LogP contribution in [-0.4, -0.2) is 84.9 Å². The van der Waals surface area contributed by atoms with Crippen molar-refractivity contribution in [3.8, 4) is 11.5 Å². The van der Waals surface area contributed by atoms with Crippen molar-refractivity contribution in [2.24, 2.45) is 0 Å². The second kappa shape index (κ2) is 15.0. The molecule has 2 aromatic rings. The summed E-state index contributed by atoms with van der Waals surface area (Å²) in [5.41, 5.74) is 1.02. The first-order valence-corrected chi connectivity index (χ1v) is 11.8. The Morgan fingerprint density at radius 2 is 1.71 bits per heavy atom. The predicted octanol–water partition coefficient (Wildman–Crippen LogP) is 2.20. The summed E-state index contributed by atoms with van der Waals surface area (Å²) in [4.78, 5) is 43.0. The number of para-hydroxylation sites is 1. The van der Waals surface area contributed by atoms with Crippen molar-refractivity contribution in [2.75, 3.05) is 46.3 Å².